The topological polar surface area (TPSA) is 81.2 Å². The van der Waals surface area contributed by atoms with Crippen molar-refractivity contribution in [1.29, 1.82) is 0 Å². The lowest BCUT2D eigenvalue weighted by atomic mass is 9.66. The van der Waals surface area contributed by atoms with Gasteiger partial charge in [-0.2, -0.15) is 0 Å². The maximum absolute atomic E-state index is 12.5. The Kier molecular flexibility index (Phi) is 3.73. The average Bonchev–Trinajstić information content (AvgIpc) is 3.12. The number of hydrogen-bond acceptors (Lipinski definition) is 4. The first kappa shape index (κ1) is 16.1. The van der Waals surface area contributed by atoms with E-state index < -0.39 is 6.10 Å². The number of nitrogens with one attached hydrogen (secondary N) is 2. The van der Waals surface area contributed by atoms with Gasteiger partial charge in [0.15, 0.2) is 0 Å². The smallest absolute Gasteiger partial charge is 0.269 e. The minimum Gasteiger partial charge on any atom is -0.391 e. The SMILES string of the molecule is CC(C)C1N(C)CC12C[C@@H](O)[C@H](NC(=O)c1cnc(C3CC3)[nH]1)C2. The largest absolute Gasteiger partial charge is 0.391 e. The number of nitrogens with zero attached hydrogens (tertiary/aromatic N) is 2. The monoisotopic (exact) mass is 332 g/mol. The highest BCUT2D eigenvalue weighted by Crippen LogP contribution is 2.52. The number of aromatic amines is 1. The van der Waals surface area contributed by atoms with Crippen LogP contribution in [0.15, 0.2) is 6.20 Å². The van der Waals surface area contributed by atoms with Crippen LogP contribution in [-0.4, -0.2) is 57.7 Å². The van der Waals surface area contributed by atoms with E-state index in [9.17, 15) is 9.90 Å². The molecule has 4 rings (SSSR count). The third kappa shape index (κ3) is 2.56. The van der Waals surface area contributed by atoms with Crippen LogP contribution < -0.4 is 5.32 Å². The van der Waals surface area contributed by atoms with Crippen molar-refractivity contribution in [1.82, 2.24) is 20.2 Å². The second-order valence-electron chi connectivity index (χ2n) is 8.48. The van der Waals surface area contributed by atoms with Gasteiger partial charge in [0.2, 0.25) is 0 Å². The van der Waals surface area contributed by atoms with Crippen LogP contribution >= 0.6 is 0 Å². The van der Waals surface area contributed by atoms with Crippen molar-refractivity contribution in [2.45, 2.75) is 63.6 Å². The van der Waals surface area contributed by atoms with Gasteiger partial charge in [-0.05, 0) is 38.6 Å². The molecule has 0 aromatic carbocycles. The summed E-state index contributed by atoms with van der Waals surface area (Å²) in [6.07, 6.45) is 5.10. The van der Waals surface area contributed by atoms with E-state index in [0.717, 1.165) is 38.1 Å². The number of likely N-dealkylation sites (tertiary alicyclic amines) is 1. The van der Waals surface area contributed by atoms with Crippen LogP contribution in [0.2, 0.25) is 0 Å². The van der Waals surface area contributed by atoms with Crippen LogP contribution in [0.5, 0.6) is 0 Å². The van der Waals surface area contributed by atoms with Crippen molar-refractivity contribution in [2.75, 3.05) is 13.6 Å². The summed E-state index contributed by atoms with van der Waals surface area (Å²) >= 11 is 0. The summed E-state index contributed by atoms with van der Waals surface area (Å²) in [7, 11) is 2.15. The Bertz CT molecular complexity index is 634. The maximum atomic E-state index is 12.5. The van der Waals surface area contributed by atoms with E-state index in [1.165, 1.54) is 0 Å². The second kappa shape index (κ2) is 5.56. The highest BCUT2D eigenvalue weighted by molar-refractivity contribution is 5.92. The molecular weight excluding hydrogens is 304 g/mol. The highest BCUT2D eigenvalue weighted by atomic mass is 16.3. The molecule has 1 aromatic rings. The van der Waals surface area contributed by atoms with Gasteiger partial charge in [0.1, 0.15) is 11.5 Å². The van der Waals surface area contributed by atoms with Crippen molar-refractivity contribution in [3.8, 4) is 0 Å². The first-order chi connectivity index (χ1) is 11.4. The zero-order valence-corrected chi connectivity index (χ0v) is 14.7. The van der Waals surface area contributed by atoms with Crippen LogP contribution in [0.3, 0.4) is 0 Å². The summed E-state index contributed by atoms with van der Waals surface area (Å²) in [5.74, 6) is 1.83. The minimum atomic E-state index is -0.463. The van der Waals surface area contributed by atoms with Crippen molar-refractivity contribution in [3.05, 3.63) is 17.7 Å². The van der Waals surface area contributed by atoms with Crippen LogP contribution in [0, 0.1) is 11.3 Å². The zero-order chi connectivity index (χ0) is 17.1. The fourth-order valence-electron chi connectivity index (χ4n) is 5.26. The van der Waals surface area contributed by atoms with Gasteiger partial charge in [0.25, 0.3) is 5.91 Å². The Hall–Kier alpha value is -1.40. The molecule has 6 nitrogen and oxygen atoms in total. The van der Waals surface area contributed by atoms with Crippen LogP contribution in [0.1, 0.15) is 61.8 Å². The molecule has 1 aromatic heterocycles. The molecule has 1 aliphatic heterocycles. The third-order valence-electron chi connectivity index (χ3n) is 6.13. The Morgan fingerprint density at radius 1 is 1.46 bits per heavy atom. The van der Waals surface area contributed by atoms with E-state index >= 15 is 0 Å². The number of aromatic nitrogens is 2. The number of aliphatic hydroxyl groups excluding tert-OH is 1. The second-order valence-corrected chi connectivity index (χ2v) is 8.48. The molecule has 132 valence electrons. The molecule has 0 bridgehead atoms. The van der Waals surface area contributed by atoms with E-state index in [1.54, 1.807) is 6.20 Å². The molecule has 1 spiro atoms. The number of H-pyrrole nitrogens is 1. The molecule has 24 heavy (non-hydrogen) atoms. The lowest BCUT2D eigenvalue weighted by Crippen LogP contribution is -2.64. The molecule has 0 radical (unpaired) electrons. The predicted molar refractivity (Wildman–Crippen MR) is 90.7 cm³/mol. The third-order valence-corrected chi connectivity index (χ3v) is 6.13. The number of hydrogen-bond donors (Lipinski definition) is 3. The normalized spacial score (nSPS) is 36.3. The van der Waals surface area contributed by atoms with E-state index in [-0.39, 0.29) is 17.4 Å². The van der Waals surface area contributed by atoms with Gasteiger partial charge in [0.05, 0.1) is 18.3 Å². The number of carbonyl (C=O) groups is 1. The highest BCUT2D eigenvalue weighted by Gasteiger charge is 2.58. The predicted octanol–water partition coefficient (Wildman–Crippen LogP) is 1.50. The minimum absolute atomic E-state index is 0.146. The maximum Gasteiger partial charge on any atom is 0.269 e. The van der Waals surface area contributed by atoms with E-state index in [1.807, 2.05) is 0 Å². The molecular formula is C18H28N4O2. The summed E-state index contributed by atoms with van der Waals surface area (Å²) in [5, 5.41) is 13.6. The van der Waals surface area contributed by atoms with Gasteiger partial charge in [-0.15, -0.1) is 0 Å². The summed E-state index contributed by atoms with van der Waals surface area (Å²) in [6.45, 7) is 5.49. The van der Waals surface area contributed by atoms with Gasteiger partial charge >= 0.3 is 0 Å². The quantitative estimate of drug-likeness (QED) is 0.780. The van der Waals surface area contributed by atoms with Gasteiger partial charge in [-0.25, -0.2) is 4.98 Å². The molecule has 1 saturated heterocycles. The van der Waals surface area contributed by atoms with Crippen LogP contribution in [-0.2, 0) is 0 Å². The number of carbonyl (C=O) groups excluding carboxylic acids is 1. The summed E-state index contributed by atoms with van der Waals surface area (Å²) < 4.78 is 0. The lowest BCUT2D eigenvalue weighted by Gasteiger charge is -2.57. The van der Waals surface area contributed by atoms with Gasteiger partial charge < -0.3 is 20.3 Å². The Labute approximate surface area is 143 Å². The molecule has 2 heterocycles. The first-order valence-corrected chi connectivity index (χ1v) is 9.14. The molecule has 2 unspecified atom stereocenters. The van der Waals surface area contributed by atoms with Crippen molar-refractivity contribution >= 4 is 5.91 Å². The molecule has 4 atom stereocenters. The summed E-state index contributed by atoms with van der Waals surface area (Å²) in [5.41, 5.74) is 0.657. The fourth-order valence-corrected chi connectivity index (χ4v) is 5.26. The van der Waals surface area contributed by atoms with E-state index in [4.69, 9.17) is 0 Å². The fraction of sp³-hybridized carbons (Fsp3) is 0.778. The Morgan fingerprint density at radius 2 is 2.21 bits per heavy atom. The van der Waals surface area contributed by atoms with Crippen LogP contribution in [0.4, 0.5) is 0 Å². The standard InChI is InChI=1S/C18H28N4O2/c1-10(2)15-18(9-22(15)3)6-12(14(23)7-18)21-17(24)13-8-19-16(20-13)11-4-5-11/h8,10-12,14-15,23H,4-7,9H2,1-3H3,(H,19,20)(H,21,24)/t12-,14-,15?,18?/m1/s1. The van der Waals surface area contributed by atoms with Crippen molar-refractivity contribution < 1.29 is 9.90 Å². The van der Waals surface area contributed by atoms with Gasteiger partial charge in [-0.1, -0.05) is 13.8 Å². The molecule has 2 aliphatic carbocycles. The molecule has 2 saturated carbocycles. The van der Waals surface area contributed by atoms with Crippen molar-refractivity contribution in [2.24, 2.45) is 11.3 Å². The average molecular weight is 332 g/mol. The van der Waals surface area contributed by atoms with Gasteiger partial charge in [-0.3, -0.25) is 4.79 Å². The lowest BCUT2D eigenvalue weighted by molar-refractivity contribution is -0.0827. The molecule has 3 fully saturated rings. The molecule has 3 N–H and O–H groups in total. The molecule has 1 amide bonds. The number of amides is 1. The van der Waals surface area contributed by atoms with E-state index in [2.05, 4.69) is 41.1 Å². The number of aliphatic hydroxyl groups is 1. The Balaban J connectivity index is 1.42. The summed E-state index contributed by atoms with van der Waals surface area (Å²) in [4.78, 5) is 22.3. The summed E-state index contributed by atoms with van der Waals surface area (Å²) in [6, 6.07) is 0.322. The van der Waals surface area contributed by atoms with E-state index in [0.29, 0.717) is 23.6 Å². The molecule has 3 aliphatic rings. The number of rotatable bonds is 4. The van der Waals surface area contributed by atoms with Gasteiger partial charge in [0, 0.05) is 23.9 Å². The molecule has 6 heteroatoms. The van der Waals surface area contributed by atoms with Crippen molar-refractivity contribution in [3.63, 3.8) is 0 Å². The van der Waals surface area contributed by atoms with Crippen LogP contribution in [0.25, 0.3) is 0 Å². The number of imidazole rings is 1. The Morgan fingerprint density at radius 3 is 2.83 bits per heavy atom. The zero-order valence-electron chi connectivity index (χ0n) is 14.7. The first-order valence-electron chi connectivity index (χ1n) is 9.14.